The van der Waals surface area contributed by atoms with Gasteiger partial charge in [0, 0.05) is 11.8 Å². The first kappa shape index (κ1) is 22.2. The molecule has 0 spiro atoms. The van der Waals surface area contributed by atoms with Gasteiger partial charge in [-0.3, -0.25) is 4.79 Å². The fourth-order valence-corrected chi connectivity index (χ4v) is 6.36. The van der Waals surface area contributed by atoms with Gasteiger partial charge in [-0.2, -0.15) is 0 Å². The number of allylic oxidation sites excluding steroid dienone is 4. The predicted molar refractivity (Wildman–Crippen MR) is 124 cm³/mol. The van der Waals surface area contributed by atoms with Crippen molar-refractivity contribution in [3.8, 4) is 0 Å². The lowest BCUT2D eigenvalue weighted by Crippen LogP contribution is -2.47. The summed E-state index contributed by atoms with van der Waals surface area (Å²) in [5, 5.41) is 0. The summed E-state index contributed by atoms with van der Waals surface area (Å²) >= 11 is 0. The van der Waals surface area contributed by atoms with Crippen LogP contribution in [-0.4, -0.2) is 11.6 Å². The summed E-state index contributed by atoms with van der Waals surface area (Å²) in [6.45, 7) is 13.0. The van der Waals surface area contributed by atoms with Crippen molar-refractivity contribution in [3.05, 3.63) is 59.9 Å². The van der Waals surface area contributed by atoms with Crippen molar-refractivity contribution in [2.45, 2.75) is 84.8 Å². The van der Waals surface area contributed by atoms with Gasteiger partial charge in [-0.1, -0.05) is 63.3 Å². The van der Waals surface area contributed by atoms with Crippen LogP contribution in [0, 0.1) is 22.7 Å². The van der Waals surface area contributed by atoms with E-state index in [1.54, 1.807) is 0 Å². The summed E-state index contributed by atoms with van der Waals surface area (Å²) < 4.78 is 12.6. The van der Waals surface area contributed by atoms with Gasteiger partial charge in [-0.25, -0.2) is 0 Å². The molecule has 1 aromatic carbocycles. The Balaban J connectivity index is 1.58. The topological polar surface area (TPSA) is 35.5 Å². The molecule has 0 amide bonds. The van der Waals surface area contributed by atoms with Gasteiger partial charge in [-0.15, -0.1) is 0 Å². The second-order valence-corrected chi connectivity index (χ2v) is 11.6. The first-order valence-corrected chi connectivity index (χ1v) is 11.8. The van der Waals surface area contributed by atoms with Crippen molar-refractivity contribution < 1.29 is 14.3 Å². The quantitative estimate of drug-likeness (QED) is 0.482. The Bertz CT molecular complexity index is 889. The Kier molecular flexibility index (Phi) is 5.39. The SMILES string of the molecule is CC(C)(C)OC(=O)C[C@H]1C=CC=C(O[C@]2(c3ccccc3)C[C@H]3CC[C@]2(C)C3(C)C)C1. The third-order valence-corrected chi connectivity index (χ3v) is 8.38. The molecule has 4 atom stereocenters. The molecule has 1 aromatic rings. The van der Waals surface area contributed by atoms with E-state index in [-0.39, 0.29) is 28.3 Å². The molecule has 0 saturated heterocycles. The molecule has 168 valence electrons. The van der Waals surface area contributed by atoms with Crippen LogP contribution in [0.25, 0.3) is 0 Å². The van der Waals surface area contributed by atoms with Crippen molar-refractivity contribution >= 4 is 5.97 Å². The van der Waals surface area contributed by atoms with Crippen LogP contribution in [0.5, 0.6) is 0 Å². The van der Waals surface area contributed by atoms with Gasteiger partial charge >= 0.3 is 5.97 Å². The highest BCUT2D eigenvalue weighted by Crippen LogP contribution is 2.74. The lowest BCUT2D eigenvalue weighted by atomic mass is 9.62. The number of benzene rings is 1. The zero-order valence-corrected chi connectivity index (χ0v) is 20.0. The van der Waals surface area contributed by atoms with E-state index in [0.717, 1.165) is 18.6 Å². The molecule has 0 N–H and O–H groups in total. The largest absolute Gasteiger partial charge is 0.486 e. The molecule has 3 aliphatic rings. The number of hydrogen-bond acceptors (Lipinski definition) is 3. The summed E-state index contributed by atoms with van der Waals surface area (Å²) in [6.07, 6.45) is 10.9. The number of esters is 1. The summed E-state index contributed by atoms with van der Waals surface area (Å²) in [4.78, 5) is 12.4. The minimum Gasteiger partial charge on any atom is -0.486 e. The Morgan fingerprint density at radius 3 is 2.42 bits per heavy atom. The number of rotatable bonds is 5. The molecule has 0 unspecified atom stereocenters. The molecule has 2 fully saturated rings. The highest BCUT2D eigenvalue weighted by atomic mass is 16.6. The van der Waals surface area contributed by atoms with Crippen LogP contribution in [0.15, 0.2) is 54.3 Å². The number of fused-ring (bicyclic) bond motifs is 2. The first-order chi connectivity index (χ1) is 14.5. The minimum atomic E-state index is -0.453. The van der Waals surface area contributed by atoms with Crippen LogP contribution in [-0.2, 0) is 19.9 Å². The summed E-state index contributed by atoms with van der Waals surface area (Å²) in [6, 6.07) is 10.8. The highest BCUT2D eigenvalue weighted by Gasteiger charge is 2.71. The van der Waals surface area contributed by atoms with Crippen LogP contribution in [0.3, 0.4) is 0 Å². The van der Waals surface area contributed by atoms with Crippen LogP contribution in [0.4, 0.5) is 0 Å². The number of ether oxygens (including phenoxy) is 2. The van der Waals surface area contributed by atoms with Crippen LogP contribution < -0.4 is 0 Å². The van der Waals surface area contributed by atoms with Crippen LogP contribution in [0.2, 0.25) is 0 Å². The number of carbonyl (C=O) groups is 1. The van der Waals surface area contributed by atoms with E-state index in [4.69, 9.17) is 9.47 Å². The maximum absolute atomic E-state index is 12.4. The Morgan fingerprint density at radius 1 is 1.13 bits per heavy atom. The third kappa shape index (κ3) is 3.75. The molecule has 2 bridgehead atoms. The molecule has 3 aliphatic carbocycles. The van der Waals surface area contributed by atoms with Crippen LogP contribution in [0.1, 0.15) is 79.2 Å². The van der Waals surface area contributed by atoms with Crippen molar-refractivity contribution in [1.82, 2.24) is 0 Å². The van der Waals surface area contributed by atoms with Gasteiger partial charge in [0.15, 0.2) is 0 Å². The molecule has 31 heavy (non-hydrogen) atoms. The molecular formula is C28H38O3. The molecule has 0 heterocycles. The molecule has 0 radical (unpaired) electrons. The van der Waals surface area contributed by atoms with Crippen molar-refractivity contribution in [2.24, 2.45) is 22.7 Å². The first-order valence-electron chi connectivity index (χ1n) is 11.8. The second-order valence-electron chi connectivity index (χ2n) is 11.6. The highest BCUT2D eigenvalue weighted by molar-refractivity contribution is 5.70. The average Bonchev–Trinajstić information content (AvgIpc) is 3.00. The normalized spacial score (nSPS) is 33.8. The molecule has 3 nitrogen and oxygen atoms in total. The van der Waals surface area contributed by atoms with E-state index in [1.165, 1.54) is 18.4 Å². The Hall–Kier alpha value is -2.03. The predicted octanol–water partition coefficient (Wildman–Crippen LogP) is 6.94. The standard InChI is InChI=1S/C28H38O3/c1-25(2,3)31-24(29)18-20-11-10-14-23(17-20)30-28(21-12-8-7-9-13-21)19-22-15-16-27(28,6)26(22,4)5/h7-14,20,22H,15-19H2,1-6H3/t20-,22+,27+,28-/m0/s1. The fraction of sp³-hybridized carbons (Fsp3) is 0.607. The monoisotopic (exact) mass is 422 g/mol. The lowest BCUT2D eigenvalue weighted by molar-refractivity contribution is -0.155. The van der Waals surface area contributed by atoms with E-state index in [9.17, 15) is 4.79 Å². The van der Waals surface area contributed by atoms with Crippen LogP contribution >= 0.6 is 0 Å². The average molecular weight is 423 g/mol. The minimum absolute atomic E-state index is 0.0642. The Labute approximate surface area is 187 Å². The molecule has 2 saturated carbocycles. The van der Waals surface area contributed by atoms with Gasteiger partial charge in [0.2, 0.25) is 0 Å². The smallest absolute Gasteiger partial charge is 0.306 e. The van der Waals surface area contributed by atoms with Gasteiger partial charge in [-0.05, 0) is 68.9 Å². The zero-order valence-electron chi connectivity index (χ0n) is 20.0. The molecular weight excluding hydrogens is 384 g/mol. The van der Waals surface area contributed by atoms with Gasteiger partial charge in [0.05, 0.1) is 12.2 Å². The lowest BCUT2D eigenvalue weighted by Gasteiger charge is -2.49. The molecule has 4 rings (SSSR count). The maximum Gasteiger partial charge on any atom is 0.306 e. The van der Waals surface area contributed by atoms with E-state index in [1.807, 2.05) is 26.8 Å². The van der Waals surface area contributed by atoms with E-state index in [2.05, 4.69) is 63.3 Å². The van der Waals surface area contributed by atoms with E-state index in [0.29, 0.717) is 12.3 Å². The summed E-state index contributed by atoms with van der Waals surface area (Å²) in [5.41, 5.74) is 0.796. The summed E-state index contributed by atoms with van der Waals surface area (Å²) in [5.74, 6) is 1.62. The van der Waals surface area contributed by atoms with E-state index >= 15 is 0 Å². The van der Waals surface area contributed by atoms with E-state index < -0.39 is 5.60 Å². The Morgan fingerprint density at radius 2 is 1.84 bits per heavy atom. The molecule has 0 aliphatic heterocycles. The molecule has 0 aromatic heterocycles. The number of hydrogen-bond donors (Lipinski definition) is 0. The van der Waals surface area contributed by atoms with Crippen molar-refractivity contribution in [3.63, 3.8) is 0 Å². The molecule has 3 heteroatoms. The zero-order chi connectivity index (χ0) is 22.5. The van der Waals surface area contributed by atoms with Gasteiger partial charge in [0.1, 0.15) is 11.2 Å². The van der Waals surface area contributed by atoms with Gasteiger partial charge < -0.3 is 9.47 Å². The maximum atomic E-state index is 12.4. The fourth-order valence-electron chi connectivity index (χ4n) is 6.36. The third-order valence-electron chi connectivity index (χ3n) is 8.38. The van der Waals surface area contributed by atoms with Gasteiger partial charge in [0.25, 0.3) is 0 Å². The summed E-state index contributed by atoms with van der Waals surface area (Å²) in [7, 11) is 0. The second kappa shape index (κ2) is 7.53. The van der Waals surface area contributed by atoms with Crippen molar-refractivity contribution in [2.75, 3.05) is 0 Å². The van der Waals surface area contributed by atoms with Crippen molar-refractivity contribution in [1.29, 1.82) is 0 Å². The number of carbonyl (C=O) groups excluding carboxylic acids is 1.